The number of amides is 1. The molecule has 8 heteroatoms. The van der Waals surface area contributed by atoms with Gasteiger partial charge in [-0.2, -0.15) is 11.8 Å². The van der Waals surface area contributed by atoms with Crippen molar-refractivity contribution in [3.63, 3.8) is 0 Å². The second kappa shape index (κ2) is 36.1. The molecule has 1 unspecified atom stereocenters. The zero-order chi connectivity index (χ0) is 36.2. The van der Waals surface area contributed by atoms with Gasteiger partial charge in [0.1, 0.15) is 18.8 Å². The topological polar surface area (TPSA) is 102 Å². The maximum Gasteiger partial charge on any atom is 0.327 e. The van der Waals surface area contributed by atoms with Crippen LogP contribution in [0.5, 0.6) is 0 Å². The Balaban J connectivity index is 4.03. The van der Waals surface area contributed by atoms with E-state index in [4.69, 9.17) is 9.47 Å². The average Bonchev–Trinajstić information content (AvgIpc) is 3.07. The number of carbonyl (C=O) groups is 3. The van der Waals surface area contributed by atoms with E-state index in [1.807, 2.05) is 0 Å². The summed E-state index contributed by atoms with van der Waals surface area (Å²) in [6, 6.07) is -0.983. The highest BCUT2D eigenvalue weighted by molar-refractivity contribution is 7.99. The maximum absolute atomic E-state index is 12.4. The standard InChI is InChI=1S/C41H77NO6S/c1-5-7-9-11-13-15-17-19-21-23-25-27-29-31-36(3)47-33-38(48-37(4)43)34-49-35-39(41(45)46)42-40(44)32-30-28-26-24-22-20-18-16-14-12-10-8-6-2/h38-39H,3,5-35H2,1-2,4H3,(H,42,44)(H,45,46)/t38?,39-/m0/s1. The molecule has 0 heterocycles. The van der Waals surface area contributed by atoms with Crippen LogP contribution in [0.3, 0.4) is 0 Å². The fraction of sp³-hybridized carbons (Fsp3) is 0.878. The molecule has 0 aliphatic carbocycles. The lowest BCUT2D eigenvalue weighted by Gasteiger charge is -2.20. The number of hydrogen-bond donors (Lipinski definition) is 2. The molecule has 49 heavy (non-hydrogen) atoms. The third kappa shape index (κ3) is 34.5. The largest absolute Gasteiger partial charge is 0.495 e. The van der Waals surface area contributed by atoms with Gasteiger partial charge in [0.2, 0.25) is 5.91 Å². The van der Waals surface area contributed by atoms with E-state index in [1.165, 1.54) is 154 Å². The lowest BCUT2D eigenvalue weighted by Crippen LogP contribution is -2.42. The van der Waals surface area contributed by atoms with Crippen molar-refractivity contribution in [2.75, 3.05) is 18.1 Å². The number of esters is 1. The van der Waals surface area contributed by atoms with Gasteiger partial charge in [-0.15, -0.1) is 0 Å². The summed E-state index contributed by atoms with van der Waals surface area (Å²) >= 11 is 1.34. The number of ether oxygens (including phenoxy) is 2. The van der Waals surface area contributed by atoms with Crippen LogP contribution >= 0.6 is 11.8 Å². The van der Waals surface area contributed by atoms with E-state index in [0.29, 0.717) is 17.9 Å². The Morgan fingerprint density at radius 3 is 1.39 bits per heavy atom. The van der Waals surface area contributed by atoms with Crippen LogP contribution in [0.2, 0.25) is 0 Å². The molecular weight excluding hydrogens is 635 g/mol. The number of rotatable bonds is 38. The van der Waals surface area contributed by atoms with Crippen molar-refractivity contribution in [1.29, 1.82) is 0 Å². The molecule has 0 aliphatic rings. The van der Waals surface area contributed by atoms with E-state index in [2.05, 4.69) is 25.7 Å². The van der Waals surface area contributed by atoms with Crippen LogP contribution in [0.15, 0.2) is 12.3 Å². The van der Waals surface area contributed by atoms with Crippen molar-refractivity contribution in [2.24, 2.45) is 0 Å². The summed E-state index contributed by atoms with van der Waals surface area (Å²) in [6.07, 6.45) is 33.7. The fourth-order valence-electron chi connectivity index (χ4n) is 6.04. The first-order chi connectivity index (χ1) is 23.8. The van der Waals surface area contributed by atoms with E-state index < -0.39 is 24.1 Å². The molecule has 0 rings (SSSR count). The van der Waals surface area contributed by atoms with Crippen molar-refractivity contribution >= 4 is 29.6 Å². The van der Waals surface area contributed by atoms with Gasteiger partial charge >= 0.3 is 11.9 Å². The highest BCUT2D eigenvalue weighted by atomic mass is 32.2. The van der Waals surface area contributed by atoms with Crippen LogP contribution in [0.25, 0.3) is 0 Å². The van der Waals surface area contributed by atoms with Crippen LogP contribution in [-0.2, 0) is 23.9 Å². The Hall–Kier alpha value is -1.70. The van der Waals surface area contributed by atoms with Crippen molar-refractivity contribution in [1.82, 2.24) is 5.32 Å². The Kier molecular flexibility index (Phi) is 34.9. The van der Waals surface area contributed by atoms with Crippen molar-refractivity contribution in [2.45, 2.75) is 213 Å². The van der Waals surface area contributed by atoms with Crippen molar-refractivity contribution in [3.05, 3.63) is 12.3 Å². The van der Waals surface area contributed by atoms with E-state index in [1.54, 1.807) is 0 Å². The lowest BCUT2D eigenvalue weighted by atomic mass is 10.0. The molecule has 288 valence electrons. The smallest absolute Gasteiger partial charge is 0.327 e. The normalized spacial score (nSPS) is 12.4. The molecular formula is C41H77NO6S. The highest BCUT2D eigenvalue weighted by Crippen LogP contribution is 2.17. The number of nitrogens with one attached hydrogen (secondary N) is 1. The SMILES string of the molecule is C=C(CCCCCCCCCCCCCCC)OCC(CSC[C@H](NC(=O)CCCCCCCCCCCCCCC)C(=O)O)OC(C)=O. The van der Waals surface area contributed by atoms with Gasteiger partial charge in [-0.1, -0.05) is 175 Å². The molecule has 0 saturated carbocycles. The summed E-state index contributed by atoms with van der Waals surface area (Å²) in [5, 5.41) is 12.3. The molecule has 0 saturated heterocycles. The summed E-state index contributed by atoms with van der Waals surface area (Å²) in [5.41, 5.74) is 0. The van der Waals surface area contributed by atoms with Crippen LogP contribution in [0, 0.1) is 0 Å². The van der Waals surface area contributed by atoms with Gasteiger partial charge in [0.15, 0.2) is 0 Å². The Morgan fingerprint density at radius 2 is 1.00 bits per heavy atom. The first kappa shape index (κ1) is 47.3. The number of unbranched alkanes of at least 4 members (excludes halogenated alkanes) is 24. The summed E-state index contributed by atoms with van der Waals surface area (Å²) in [7, 11) is 0. The summed E-state index contributed by atoms with van der Waals surface area (Å²) in [5.74, 6) is -0.425. The van der Waals surface area contributed by atoms with Gasteiger partial charge in [-0.3, -0.25) is 9.59 Å². The molecule has 0 fully saturated rings. The van der Waals surface area contributed by atoms with E-state index in [-0.39, 0.29) is 18.3 Å². The average molecular weight is 712 g/mol. The quantitative estimate of drug-likeness (QED) is 0.0373. The fourth-order valence-corrected chi connectivity index (χ4v) is 7.06. The van der Waals surface area contributed by atoms with Crippen LogP contribution in [-0.4, -0.2) is 53.2 Å². The molecule has 7 nitrogen and oxygen atoms in total. The monoisotopic (exact) mass is 712 g/mol. The van der Waals surface area contributed by atoms with Gasteiger partial charge in [0.25, 0.3) is 0 Å². The first-order valence-electron chi connectivity index (χ1n) is 20.4. The van der Waals surface area contributed by atoms with Gasteiger partial charge in [-0.25, -0.2) is 4.79 Å². The Bertz CT molecular complexity index is 807. The Morgan fingerprint density at radius 1 is 0.612 bits per heavy atom. The maximum atomic E-state index is 12.4. The van der Waals surface area contributed by atoms with Crippen LogP contribution in [0.4, 0.5) is 0 Å². The van der Waals surface area contributed by atoms with Gasteiger partial charge in [0.05, 0.1) is 5.76 Å². The molecule has 0 radical (unpaired) electrons. The van der Waals surface area contributed by atoms with E-state index in [9.17, 15) is 19.5 Å². The first-order valence-corrected chi connectivity index (χ1v) is 21.5. The molecule has 0 aromatic rings. The van der Waals surface area contributed by atoms with E-state index in [0.717, 1.165) is 38.5 Å². The minimum atomic E-state index is -1.06. The molecule has 1 amide bonds. The molecule has 2 atom stereocenters. The van der Waals surface area contributed by atoms with Crippen LogP contribution < -0.4 is 5.32 Å². The van der Waals surface area contributed by atoms with Crippen molar-refractivity contribution in [3.8, 4) is 0 Å². The van der Waals surface area contributed by atoms with Crippen LogP contribution in [0.1, 0.15) is 201 Å². The predicted octanol–water partition coefficient (Wildman–Crippen LogP) is 11.7. The number of aliphatic carboxylic acids is 1. The van der Waals surface area contributed by atoms with Gasteiger partial charge in [0, 0.05) is 31.3 Å². The summed E-state index contributed by atoms with van der Waals surface area (Å²) < 4.78 is 11.2. The number of carboxylic acid groups (broad SMARTS) is 1. The van der Waals surface area contributed by atoms with E-state index >= 15 is 0 Å². The molecule has 0 aliphatic heterocycles. The zero-order valence-electron chi connectivity index (χ0n) is 32.2. The lowest BCUT2D eigenvalue weighted by molar-refractivity contribution is -0.147. The third-order valence-corrected chi connectivity index (χ3v) is 10.3. The molecule has 0 spiro atoms. The van der Waals surface area contributed by atoms with Crippen molar-refractivity contribution < 1.29 is 29.0 Å². The number of carbonyl (C=O) groups excluding carboxylic acids is 2. The predicted molar refractivity (Wildman–Crippen MR) is 208 cm³/mol. The number of allylic oxidation sites excluding steroid dienone is 1. The molecule has 0 bridgehead atoms. The Labute approximate surface area is 306 Å². The van der Waals surface area contributed by atoms with Gasteiger partial charge in [-0.05, 0) is 12.8 Å². The van der Waals surface area contributed by atoms with Gasteiger partial charge < -0.3 is 19.9 Å². The number of carboxylic acids is 1. The molecule has 2 N–H and O–H groups in total. The second-order valence-corrected chi connectivity index (χ2v) is 15.1. The highest BCUT2D eigenvalue weighted by Gasteiger charge is 2.22. The summed E-state index contributed by atoms with van der Waals surface area (Å²) in [6.45, 7) is 10.1. The minimum absolute atomic E-state index is 0.188. The molecule has 0 aromatic heterocycles. The minimum Gasteiger partial charge on any atom is -0.495 e. The molecule has 0 aromatic carbocycles. The third-order valence-electron chi connectivity index (χ3n) is 9.09. The number of hydrogen-bond acceptors (Lipinski definition) is 6. The summed E-state index contributed by atoms with van der Waals surface area (Å²) in [4.78, 5) is 35.9. The number of thioether (sulfide) groups is 1. The second-order valence-electron chi connectivity index (χ2n) is 14.1. The zero-order valence-corrected chi connectivity index (χ0v) is 33.0.